The Morgan fingerprint density at radius 1 is 1.24 bits per heavy atom. The van der Waals surface area contributed by atoms with Gasteiger partial charge in [0.05, 0.1) is 12.1 Å². The molecule has 2 aromatic rings. The standard InChI is InChI=1S/C15H21N5O4S/c1-11-8-13(17-24-11)9-15(21)19-4-6-20(7-5-19)25(22,23)14-10-18(3)12(2)16-14/h8,10H,4-7,9H2,1-3H3. The molecular weight excluding hydrogens is 346 g/mol. The first-order chi connectivity index (χ1) is 11.8. The van der Waals surface area contributed by atoms with Gasteiger partial charge >= 0.3 is 0 Å². The van der Waals surface area contributed by atoms with Gasteiger partial charge in [0.15, 0.2) is 5.03 Å². The number of carbonyl (C=O) groups excluding carboxylic acids is 1. The van der Waals surface area contributed by atoms with E-state index in [1.807, 2.05) is 0 Å². The molecule has 0 atom stereocenters. The fourth-order valence-corrected chi connectivity index (χ4v) is 4.18. The van der Waals surface area contributed by atoms with Gasteiger partial charge in [0.25, 0.3) is 10.0 Å². The van der Waals surface area contributed by atoms with Gasteiger partial charge in [-0.05, 0) is 13.8 Å². The molecule has 3 rings (SSSR count). The average Bonchev–Trinajstić information content (AvgIpc) is 3.13. The van der Waals surface area contributed by atoms with E-state index in [1.54, 1.807) is 36.4 Å². The van der Waals surface area contributed by atoms with Gasteiger partial charge in [0, 0.05) is 45.5 Å². The first-order valence-electron chi connectivity index (χ1n) is 7.97. The summed E-state index contributed by atoms with van der Waals surface area (Å²) >= 11 is 0. The monoisotopic (exact) mass is 367 g/mol. The Morgan fingerprint density at radius 3 is 2.44 bits per heavy atom. The average molecular weight is 367 g/mol. The van der Waals surface area contributed by atoms with Gasteiger partial charge in [-0.3, -0.25) is 4.79 Å². The Hall–Kier alpha value is -2.20. The van der Waals surface area contributed by atoms with E-state index in [2.05, 4.69) is 10.1 Å². The summed E-state index contributed by atoms with van der Waals surface area (Å²) in [6, 6.07) is 1.72. The van der Waals surface area contributed by atoms with Crippen molar-refractivity contribution in [1.29, 1.82) is 0 Å². The molecule has 136 valence electrons. The molecule has 9 nitrogen and oxygen atoms in total. The normalized spacial score (nSPS) is 16.4. The SMILES string of the molecule is Cc1cc(CC(=O)N2CCN(S(=O)(=O)c3cn(C)c(C)n3)CC2)no1. The van der Waals surface area contributed by atoms with E-state index in [0.29, 0.717) is 30.4 Å². The molecule has 0 aliphatic carbocycles. The Morgan fingerprint density at radius 2 is 1.92 bits per heavy atom. The molecule has 0 saturated carbocycles. The maximum atomic E-state index is 12.6. The van der Waals surface area contributed by atoms with Gasteiger partial charge < -0.3 is 14.0 Å². The number of piperazine rings is 1. The summed E-state index contributed by atoms with van der Waals surface area (Å²) in [7, 11) is -1.88. The van der Waals surface area contributed by atoms with Gasteiger partial charge in [0.1, 0.15) is 11.6 Å². The molecule has 1 amide bonds. The maximum Gasteiger partial charge on any atom is 0.262 e. The minimum Gasteiger partial charge on any atom is -0.361 e. The molecule has 0 bridgehead atoms. The molecule has 1 saturated heterocycles. The zero-order valence-electron chi connectivity index (χ0n) is 14.5. The largest absolute Gasteiger partial charge is 0.361 e. The van der Waals surface area contributed by atoms with Crippen LogP contribution in [0.4, 0.5) is 0 Å². The molecule has 0 N–H and O–H groups in total. The van der Waals surface area contributed by atoms with E-state index in [-0.39, 0.29) is 30.4 Å². The Labute approximate surface area is 146 Å². The minimum atomic E-state index is -3.63. The highest BCUT2D eigenvalue weighted by Crippen LogP contribution is 2.17. The number of hydrogen-bond donors (Lipinski definition) is 0. The van der Waals surface area contributed by atoms with Crippen LogP contribution in [0.2, 0.25) is 0 Å². The summed E-state index contributed by atoms with van der Waals surface area (Å²) in [5.41, 5.74) is 0.585. The number of amides is 1. The van der Waals surface area contributed by atoms with E-state index in [9.17, 15) is 13.2 Å². The predicted molar refractivity (Wildman–Crippen MR) is 88.2 cm³/mol. The molecule has 25 heavy (non-hydrogen) atoms. The maximum absolute atomic E-state index is 12.6. The smallest absolute Gasteiger partial charge is 0.262 e. The highest BCUT2D eigenvalue weighted by molar-refractivity contribution is 7.89. The Kier molecular flexibility index (Phi) is 4.65. The van der Waals surface area contributed by atoms with Crippen LogP contribution in [0.15, 0.2) is 21.8 Å². The lowest BCUT2D eigenvalue weighted by atomic mass is 10.2. The first-order valence-corrected chi connectivity index (χ1v) is 9.41. The molecule has 1 aliphatic heterocycles. The number of imidazole rings is 1. The van der Waals surface area contributed by atoms with Crippen LogP contribution < -0.4 is 0 Å². The fourth-order valence-electron chi connectivity index (χ4n) is 2.73. The number of sulfonamides is 1. The van der Waals surface area contributed by atoms with Crippen LogP contribution in [0.25, 0.3) is 0 Å². The summed E-state index contributed by atoms with van der Waals surface area (Å²) in [6.07, 6.45) is 1.67. The molecule has 1 fully saturated rings. The highest BCUT2D eigenvalue weighted by atomic mass is 32.2. The molecule has 0 spiro atoms. The lowest BCUT2D eigenvalue weighted by Crippen LogP contribution is -2.50. The number of nitrogens with zero attached hydrogens (tertiary/aromatic N) is 5. The zero-order valence-corrected chi connectivity index (χ0v) is 15.3. The van der Waals surface area contributed by atoms with E-state index in [1.165, 1.54) is 10.5 Å². The second-order valence-electron chi connectivity index (χ2n) is 6.13. The summed E-state index contributed by atoms with van der Waals surface area (Å²) < 4.78 is 33.3. The summed E-state index contributed by atoms with van der Waals surface area (Å²) in [5.74, 6) is 1.21. The van der Waals surface area contributed by atoms with Crippen molar-refractivity contribution in [3.63, 3.8) is 0 Å². The molecule has 2 aromatic heterocycles. The van der Waals surface area contributed by atoms with Crippen LogP contribution >= 0.6 is 0 Å². The quantitative estimate of drug-likeness (QED) is 0.760. The van der Waals surface area contributed by atoms with Gasteiger partial charge in [-0.25, -0.2) is 13.4 Å². The van der Waals surface area contributed by atoms with E-state index < -0.39 is 10.0 Å². The zero-order chi connectivity index (χ0) is 18.2. The van der Waals surface area contributed by atoms with Crippen LogP contribution in [0.5, 0.6) is 0 Å². The van der Waals surface area contributed by atoms with Crippen molar-refractivity contribution >= 4 is 15.9 Å². The molecule has 0 aromatic carbocycles. The van der Waals surface area contributed by atoms with E-state index in [0.717, 1.165) is 0 Å². The van der Waals surface area contributed by atoms with Gasteiger partial charge in [-0.1, -0.05) is 5.16 Å². The topological polar surface area (TPSA) is 102 Å². The Balaban J connectivity index is 1.62. The molecule has 0 unspecified atom stereocenters. The number of rotatable bonds is 4. The van der Waals surface area contributed by atoms with Crippen molar-refractivity contribution in [2.24, 2.45) is 7.05 Å². The van der Waals surface area contributed by atoms with Crippen LogP contribution in [0.1, 0.15) is 17.3 Å². The second-order valence-corrected chi connectivity index (χ2v) is 8.01. The lowest BCUT2D eigenvalue weighted by molar-refractivity contribution is -0.131. The van der Waals surface area contributed by atoms with Crippen LogP contribution in [-0.2, 0) is 28.3 Å². The van der Waals surface area contributed by atoms with Crippen molar-refractivity contribution in [2.75, 3.05) is 26.2 Å². The number of carbonyl (C=O) groups is 1. The Bertz CT molecular complexity index is 858. The second kappa shape index (κ2) is 6.60. The highest BCUT2D eigenvalue weighted by Gasteiger charge is 2.32. The summed E-state index contributed by atoms with van der Waals surface area (Å²) in [6.45, 7) is 4.72. The first kappa shape index (κ1) is 17.6. The number of hydrogen-bond acceptors (Lipinski definition) is 6. The minimum absolute atomic E-state index is 0.0466. The molecule has 1 aliphatic rings. The van der Waals surface area contributed by atoms with Crippen molar-refractivity contribution in [3.8, 4) is 0 Å². The van der Waals surface area contributed by atoms with Gasteiger partial charge in [0.2, 0.25) is 5.91 Å². The molecule has 0 radical (unpaired) electrons. The fraction of sp³-hybridized carbons (Fsp3) is 0.533. The molecular formula is C15H21N5O4S. The van der Waals surface area contributed by atoms with Crippen molar-refractivity contribution < 1.29 is 17.7 Å². The van der Waals surface area contributed by atoms with Crippen LogP contribution in [-0.4, -0.2) is 64.4 Å². The van der Waals surface area contributed by atoms with Gasteiger partial charge in [-0.2, -0.15) is 4.31 Å². The van der Waals surface area contributed by atoms with Gasteiger partial charge in [-0.15, -0.1) is 0 Å². The summed E-state index contributed by atoms with van der Waals surface area (Å²) in [5, 5.41) is 3.86. The van der Waals surface area contributed by atoms with E-state index >= 15 is 0 Å². The van der Waals surface area contributed by atoms with Crippen LogP contribution in [0, 0.1) is 13.8 Å². The predicted octanol–water partition coefficient (Wildman–Crippen LogP) is 0.101. The summed E-state index contributed by atoms with van der Waals surface area (Å²) in [4.78, 5) is 18.1. The van der Waals surface area contributed by atoms with Crippen molar-refractivity contribution in [1.82, 2.24) is 23.9 Å². The van der Waals surface area contributed by atoms with Crippen molar-refractivity contribution in [3.05, 3.63) is 29.5 Å². The number of aryl methyl sites for hydroxylation is 3. The third-order valence-electron chi connectivity index (χ3n) is 4.29. The molecule has 3 heterocycles. The lowest BCUT2D eigenvalue weighted by Gasteiger charge is -2.33. The third kappa shape index (κ3) is 3.59. The van der Waals surface area contributed by atoms with E-state index in [4.69, 9.17) is 4.52 Å². The molecule has 10 heteroatoms. The van der Waals surface area contributed by atoms with Crippen LogP contribution in [0.3, 0.4) is 0 Å². The van der Waals surface area contributed by atoms with Crippen molar-refractivity contribution in [2.45, 2.75) is 25.3 Å². The number of aromatic nitrogens is 3. The third-order valence-corrected chi connectivity index (χ3v) is 6.06.